The molecule has 1 amide bonds. The zero-order valence-electron chi connectivity index (χ0n) is 11.6. The Bertz CT molecular complexity index is 480. The molecule has 1 aromatic rings. The lowest BCUT2D eigenvalue weighted by Gasteiger charge is -2.32. The summed E-state index contributed by atoms with van der Waals surface area (Å²) in [5.41, 5.74) is 1.14. The number of morpholine rings is 1. The van der Waals surface area contributed by atoms with Gasteiger partial charge in [0.1, 0.15) is 0 Å². The van der Waals surface area contributed by atoms with Gasteiger partial charge in [-0.15, -0.1) is 11.3 Å². The van der Waals surface area contributed by atoms with Crippen LogP contribution >= 0.6 is 27.3 Å². The van der Waals surface area contributed by atoms with E-state index in [1.54, 1.807) is 0 Å². The molecule has 1 aromatic heterocycles. The van der Waals surface area contributed by atoms with Gasteiger partial charge in [-0.05, 0) is 40.9 Å². The Morgan fingerprint density at radius 2 is 2.15 bits per heavy atom. The first-order valence-corrected chi connectivity index (χ1v) is 8.63. The molecule has 3 rings (SSSR count). The van der Waals surface area contributed by atoms with E-state index in [0.717, 1.165) is 60.0 Å². The first-order valence-electron chi connectivity index (χ1n) is 7.02. The summed E-state index contributed by atoms with van der Waals surface area (Å²) in [5, 5.41) is 0. The fourth-order valence-electron chi connectivity index (χ4n) is 2.89. The van der Waals surface area contributed by atoms with E-state index in [2.05, 4.69) is 20.8 Å². The summed E-state index contributed by atoms with van der Waals surface area (Å²) in [7, 11) is 0. The molecule has 0 N–H and O–H groups in total. The normalized spacial score (nSPS) is 24.3. The van der Waals surface area contributed by atoms with Gasteiger partial charge < -0.3 is 9.64 Å². The molecular weight excluding hydrogens is 340 g/mol. The second kappa shape index (κ2) is 6.13. The fraction of sp³-hybridized carbons (Fsp3) is 0.643. The highest BCUT2D eigenvalue weighted by Gasteiger charge is 2.32. The van der Waals surface area contributed by atoms with Crippen LogP contribution in [0.15, 0.2) is 9.85 Å². The summed E-state index contributed by atoms with van der Waals surface area (Å²) in [6, 6.07) is 2.49. The van der Waals surface area contributed by atoms with E-state index in [-0.39, 0.29) is 5.91 Å². The van der Waals surface area contributed by atoms with E-state index in [9.17, 15) is 4.79 Å². The minimum Gasteiger partial charge on any atom is -0.379 e. The molecule has 0 bridgehead atoms. The average Bonchev–Trinajstić information content (AvgIpc) is 3.07. The van der Waals surface area contributed by atoms with Crippen LogP contribution < -0.4 is 0 Å². The monoisotopic (exact) mass is 358 g/mol. The van der Waals surface area contributed by atoms with E-state index >= 15 is 0 Å². The fourth-order valence-corrected chi connectivity index (χ4v) is 4.39. The predicted octanol–water partition coefficient (Wildman–Crippen LogP) is 2.37. The summed E-state index contributed by atoms with van der Waals surface area (Å²) in [6.45, 7) is 7.39. The van der Waals surface area contributed by atoms with E-state index in [0.29, 0.717) is 6.04 Å². The van der Waals surface area contributed by atoms with Gasteiger partial charge >= 0.3 is 0 Å². The van der Waals surface area contributed by atoms with Crippen molar-refractivity contribution in [2.24, 2.45) is 0 Å². The molecule has 4 nitrogen and oxygen atoms in total. The number of hydrogen-bond acceptors (Lipinski definition) is 4. The first-order chi connectivity index (χ1) is 9.65. The molecule has 0 radical (unpaired) electrons. The molecule has 0 aliphatic carbocycles. The van der Waals surface area contributed by atoms with E-state index < -0.39 is 0 Å². The number of aryl methyl sites for hydroxylation is 1. The zero-order chi connectivity index (χ0) is 14.1. The third kappa shape index (κ3) is 2.93. The van der Waals surface area contributed by atoms with Crippen molar-refractivity contribution >= 4 is 33.2 Å². The van der Waals surface area contributed by atoms with Gasteiger partial charge in [-0.2, -0.15) is 0 Å². The number of carbonyl (C=O) groups excluding carboxylic acids is 1. The maximum absolute atomic E-state index is 12.5. The van der Waals surface area contributed by atoms with Crippen LogP contribution in [0.25, 0.3) is 0 Å². The number of rotatable bonds is 2. The van der Waals surface area contributed by atoms with Crippen LogP contribution in [-0.2, 0) is 4.74 Å². The summed E-state index contributed by atoms with van der Waals surface area (Å²) in [5.74, 6) is 0.180. The lowest BCUT2D eigenvalue weighted by Crippen LogP contribution is -2.45. The van der Waals surface area contributed by atoms with Crippen molar-refractivity contribution < 1.29 is 9.53 Å². The molecule has 2 aliphatic heterocycles. The molecule has 2 fully saturated rings. The molecule has 0 aromatic carbocycles. The Kier molecular flexibility index (Phi) is 4.45. The van der Waals surface area contributed by atoms with Crippen molar-refractivity contribution in [2.75, 3.05) is 39.4 Å². The van der Waals surface area contributed by atoms with Crippen molar-refractivity contribution in [1.82, 2.24) is 9.80 Å². The van der Waals surface area contributed by atoms with Gasteiger partial charge in [0.25, 0.3) is 5.91 Å². The van der Waals surface area contributed by atoms with E-state index in [1.807, 2.05) is 17.9 Å². The first kappa shape index (κ1) is 14.5. The lowest BCUT2D eigenvalue weighted by atomic mass is 10.2. The highest BCUT2D eigenvalue weighted by Crippen LogP contribution is 2.29. The summed E-state index contributed by atoms with van der Waals surface area (Å²) in [6.07, 6.45) is 1.08. The minimum absolute atomic E-state index is 0.180. The molecule has 2 saturated heterocycles. The number of amides is 1. The number of thiophene rings is 1. The maximum Gasteiger partial charge on any atom is 0.264 e. The molecule has 0 saturated carbocycles. The maximum atomic E-state index is 12.5. The Labute approximate surface area is 131 Å². The van der Waals surface area contributed by atoms with Crippen LogP contribution in [0.1, 0.15) is 21.7 Å². The second-order valence-electron chi connectivity index (χ2n) is 5.41. The highest BCUT2D eigenvalue weighted by atomic mass is 79.9. The van der Waals surface area contributed by atoms with Crippen LogP contribution in [0.3, 0.4) is 0 Å². The van der Waals surface area contributed by atoms with Crippen LogP contribution in [0, 0.1) is 6.92 Å². The number of halogens is 1. The number of carbonyl (C=O) groups is 1. The third-order valence-corrected chi connectivity index (χ3v) is 6.21. The van der Waals surface area contributed by atoms with Gasteiger partial charge in [0.2, 0.25) is 0 Å². The van der Waals surface area contributed by atoms with Crippen molar-refractivity contribution in [3.05, 3.63) is 20.3 Å². The Hall–Kier alpha value is -0.430. The van der Waals surface area contributed by atoms with Gasteiger partial charge in [-0.25, -0.2) is 0 Å². The third-order valence-electron chi connectivity index (χ3n) is 4.08. The number of nitrogens with zero attached hydrogens (tertiary/aromatic N) is 2. The average molecular weight is 359 g/mol. The van der Waals surface area contributed by atoms with Gasteiger partial charge in [0.05, 0.1) is 21.9 Å². The quantitative estimate of drug-likeness (QED) is 0.813. The van der Waals surface area contributed by atoms with Crippen LogP contribution in [0.2, 0.25) is 0 Å². The summed E-state index contributed by atoms with van der Waals surface area (Å²) in [4.78, 5) is 17.8. The van der Waals surface area contributed by atoms with Gasteiger partial charge in [-0.3, -0.25) is 9.69 Å². The number of hydrogen-bond donors (Lipinski definition) is 0. The second-order valence-corrected chi connectivity index (χ2v) is 7.78. The van der Waals surface area contributed by atoms with Crippen molar-refractivity contribution in [3.8, 4) is 0 Å². The SMILES string of the molecule is Cc1cc(C(=O)N2CCC(N3CCOCC3)C2)sc1Br. The van der Waals surface area contributed by atoms with Crippen LogP contribution in [-0.4, -0.2) is 61.1 Å². The smallest absolute Gasteiger partial charge is 0.264 e. The molecule has 1 atom stereocenters. The topological polar surface area (TPSA) is 32.8 Å². The molecule has 3 heterocycles. The van der Waals surface area contributed by atoms with Crippen molar-refractivity contribution in [2.45, 2.75) is 19.4 Å². The summed E-state index contributed by atoms with van der Waals surface area (Å²) < 4.78 is 6.45. The van der Waals surface area contributed by atoms with Gasteiger partial charge in [0.15, 0.2) is 0 Å². The number of ether oxygens (including phenoxy) is 1. The molecule has 0 spiro atoms. The predicted molar refractivity (Wildman–Crippen MR) is 83.5 cm³/mol. The lowest BCUT2D eigenvalue weighted by molar-refractivity contribution is 0.0185. The van der Waals surface area contributed by atoms with Gasteiger partial charge in [-0.1, -0.05) is 0 Å². The highest BCUT2D eigenvalue weighted by molar-refractivity contribution is 9.11. The van der Waals surface area contributed by atoms with Gasteiger partial charge in [0, 0.05) is 32.2 Å². The van der Waals surface area contributed by atoms with Crippen LogP contribution in [0.4, 0.5) is 0 Å². The molecule has 110 valence electrons. The Balaban J connectivity index is 1.63. The van der Waals surface area contributed by atoms with E-state index in [1.165, 1.54) is 11.3 Å². The standard InChI is InChI=1S/C14H19BrN2O2S/c1-10-8-12(20-13(10)15)14(18)17-3-2-11(9-17)16-4-6-19-7-5-16/h8,11H,2-7,9H2,1H3. The molecule has 20 heavy (non-hydrogen) atoms. The zero-order valence-corrected chi connectivity index (χ0v) is 14.0. The largest absolute Gasteiger partial charge is 0.379 e. The molecular formula is C14H19BrN2O2S. The van der Waals surface area contributed by atoms with Crippen molar-refractivity contribution in [3.63, 3.8) is 0 Å². The Morgan fingerprint density at radius 1 is 1.40 bits per heavy atom. The molecule has 2 aliphatic rings. The number of likely N-dealkylation sites (tertiary alicyclic amines) is 1. The summed E-state index contributed by atoms with van der Waals surface area (Å²) >= 11 is 5.03. The molecule has 6 heteroatoms. The van der Waals surface area contributed by atoms with Crippen LogP contribution in [0.5, 0.6) is 0 Å². The van der Waals surface area contributed by atoms with Crippen molar-refractivity contribution in [1.29, 1.82) is 0 Å². The molecule has 1 unspecified atom stereocenters. The van der Waals surface area contributed by atoms with E-state index in [4.69, 9.17) is 4.74 Å². The minimum atomic E-state index is 0.180. The Morgan fingerprint density at radius 3 is 2.80 bits per heavy atom.